The lowest BCUT2D eigenvalue weighted by Crippen LogP contribution is -2.21. The van der Waals surface area contributed by atoms with Crippen LogP contribution in [0.25, 0.3) is 65.8 Å². The van der Waals surface area contributed by atoms with E-state index in [1.807, 2.05) is 78.9 Å². The van der Waals surface area contributed by atoms with Crippen molar-refractivity contribution in [3.05, 3.63) is 168 Å². The first-order valence-corrected chi connectivity index (χ1v) is 16.0. The molecule has 0 atom stereocenters. The Morgan fingerprint density at radius 1 is 0.583 bits per heavy atom. The zero-order chi connectivity index (χ0) is 32.0. The second-order valence-electron chi connectivity index (χ2n) is 12.0. The molecule has 0 aliphatic rings. The highest BCUT2D eigenvalue weighted by atomic mass is 16.3. The van der Waals surface area contributed by atoms with Gasteiger partial charge in [0.25, 0.3) is 0 Å². The molecule has 9 aromatic rings. The minimum atomic E-state index is 0.217. The Morgan fingerprint density at radius 2 is 1.29 bits per heavy atom. The van der Waals surface area contributed by atoms with Gasteiger partial charge in [0.1, 0.15) is 28.2 Å². The predicted octanol–water partition coefficient (Wildman–Crippen LogP) is 10.9. The molecular formula is C43H29N3O2. The normalized spacial score (nSPS) is 12.0. The minimum Gasteiger partial charge on any atom is -0.456 e. The third-order valence-corrected chi connectivity index (χ3v) is 9.10. The van der Waals surface area contributed by atoms with Crippen LogP contribution in [0.2, 0.25) is 0 Å². The Kier molecular flexibility index (Phi) is 6.61. The molecule has 9 rings (SSSR count). The number of fused-ring (bicyclic) bond motifs is 7. The van der Waals surface area contributed by atoms with Crippen molar-refractivity contribution in [2.75, 3.05) is 0 Å². The first-order chi connectivity index (χ1) is 23.7. The molecule has 5 nitrogen and oxygen atoms in total. The van der Waals surface area contributed by atoms with E-state index in [1.54, 1.807) is 0 Å². The molecule has 5 heteroatoms. The van der Waals surface area contributed by atoms with Crippen LogP contribution in [0.15, 0.2) is 166 Å². The van der Waals surface area contributed by atoms with Crippen LogP contribution in [0.3, 0.4) is 0 Å². The molecule has 0 saturated carbocycles. The number of amidine groups is 1. The van der Waals surface area contributed by atoms with E-state index in [-0.39, 0.29) is 5.84 Å². The van der Waals surface area contributed by atoms with Crippen LogP contribution in [0.5, 0.6) is 0 Å². The number of furan rings is 2. The van der Waals surface area contributed by atoms with Gasteiger partial charge in [-0.3, -0.25) is 10.8 Å². The topological polar surface area (TPSA) is 74.5 Å². The fourth-order valence-electron chi connectivity index (χ4n) is 6.82. The van der Waals surface area contributed by atoms with Gasteiger partial charge in [-0.05, 0) is 46.2 Å². The quantitative estimate of drug-likeness (QED) is 0.110. The van der Waals surface area contributed by atoms with Gasteiger partial charge in [-0.2, -0.15) is 5.10 Å². The van der Waals surface area contributed by atoms with Crippen molar-refractivity contribution in [3.63, 3.8) is 0 Å². The summed E-state index contributed by atoms with van der Waals surface area (Å²) in [5.74, 6) is 0.217. The van der Waals surface area contributed by atoms with Crippen LogP contribution in [-0.4, -0.2) is 11.5 Å². The molecule has 0 bridgehead atoms. The monoisotopic (exact) mass is 619 g/mol. The van der Waals surface area contributed by atoms with Gasteiger partial charge in [-0.15, -0.1) is 0 Å². The summed E-state index contributed by atoms with van der Waals surface area (Å²) in [6, 6.07) is 51.3. The number of benzene rings is 7. The number of nitrogens with zero attached hydrogens (tertiary/aromatic N) is 1. The van der Waals surface area contributed by atoms with E-state index in [0.717, 1.165) is 88.2 Å². The van der Waals surface area contributed by atoms with E-state index >= 15 is 0 Å². The molecule has 0 spiro atoms. The summed E-state index contributed by atoms with van der Waals surface area (Å²) in [7, 11) is 0. The fourth-order valence-corrected chi connectivity index (χ4v) is 6.82. The van der Waals surface area contributed by atoms with E-state index in [4.69, 9.17) is 19.3 Å². The van der Waals surface area contributed by atoms with Crippen molar-refractivity contribution in [1.29, 1.82) is 5.41 Å². The molecule has 228 valence electrons. The SMILES string of the molecule is N=C(N/N=C(\Cc1cccc2c1oc1ccccc12)c1cccc2oc3cccc(-c4ccccc4)c3c12)c1ccc2ccccc2c1. The molecule has 2 aromatic heterocycles. The number of hydrogen-bond acceptors (Lipinski definition) is 4. The zero-order valence-electron chi connectivity index (χ0n) is 25.9. The second kappa shape index (κ2) is 11.4. The molecule has 0 fully saturated rings. The van der Waals surface area contributed by atoms with Crippen LogP contribution in [0.1, 0.15) is 16.7 Å². The van der Waals surface area contributed by atoms with Gasteiger partial charge in [0.05, 0.1) is 5.71 Å². The van der Waals surface area contributed by atoms with Crippen molar-refractivity contribution in [3.8, 4) is 11.1 Å². The second-order valence-corrected chi connectivity index (χ2v) is 12.0. The summed E-state index contributed by atoms with van der Waals surface area (Å²) in [6.45, 7) is 0. The molecule has 7 aromatic carbocycles. The Labute approximate surface area is 276 Å². The van der Waals surface area contributed by atoms with Crippen LogP contribution >= 0.6 is 0 Å². The molecule has 2 heterocycles. The molecule has 0 amide bonds. The molecule has 0 radical (unpaired) electrons. The lowest BCUT2D eigenvalue weighted by Gasteiger charge is -2.12. The molecule has 2 N–H and O–H groups in total. The van der Waals surface area contributed by atoms with Crippen LogP contribution in [-0.2, 0) is 6.42 Å². The molecule has 48 heavy (non-hydrogen) atoms. The molecule has 0 unspecified atom stereocenters. The van der Waals surface area contributed by atoms with E-state index in [2.05, 4.69) is 78.2 Å². The highest BCUT2D eigenvalue weighted by Gasteiger charge is 2.20. The summed E-state index contributed by atoms with van der Waals surface area (Å²) in [5.41, 5.74) is 12.1. The fraction of sp³-hybridized carbons (Fsp3) is 0.0233. The van der Waals surface area contributed by atoms with Crippen molar-refractivity contribution in [2.45, 2.75) is 6.42 Å². The lowest BCUT2D eigenvalue weighted by atomic mass is 9.93. The lowest BCUT2D eigenvalue weighted by molar-refractivity contribution is 0.665. The van der Waals surface area contributed by atoms with E-state index in [0.29, 0.717) is 6.42 Å². The average Bonchev–Trinajstić information content (AvgIpc) is 3.73. The third-order valence-electron chi connectivity index (χ3n) is 9.10. The maximum atomic E-state index is 9.00. The number of nitrogens with one attached hydrogen (secondary N) is 2. The van der Waals surface area contributed by atoms with Crippen molar-refractivity contribution >= 4 is 66.2 Å². The van der Waals surface area contributed by atoms with E-state index in [1.165, 1.54) is 0 Å². The molecule has 0 saturated heterocycles. The van der Waals surface area contributed by atoms with Crippen LogP contribution in [0, 0.1) is 5.41 Å². The first kappa shape index (κ1) is 27.8. The molecular weight excluding hydrogens is 590 g/mol. The van der Waals surface area contributed by atoms with Crippen LogP contribution in [0.4, 0.5) is 0 Å². The summed E-state index contributed by atoms with van der Waals surface area (Å²) in [5, 5.41) is 20.4. The van der Waals surface area contributed by atoms with Gasteiger partial charge < -0.3 is 8.83 Å². The van der Waals surface area contributed by atoms with E-state index < -0.39 is 0 Å². The van der Waals surface area contributed by atoms with Crippen molar-refractivity contribution < 1.29 is 8.83 Å². The predicted molar refractivity (Wildman–Crippen MR) is 197 cm³/mol. The van der Waals surface area contributed by atoms with Gasteiger partial charge in [-0.1, -0.05) is 127 Å². The Bertz CT molecular complexity index is 2700. The number of hydrazone groups is 1. The maximum absolute atomic E-state index is 9.00. The molecule has 0 aliphatic heterocycles. The maximum Gasteiger partial charge on any atom is 0.146 e. The summed E-state index contributed by atoms with van der Waals surface area (Å²) < 4.78 is 12.9. The number of para-hydroxylation sites is 2. The minimum absolute atomic E-state index is 0.217. The summed E-state index contributed by atoms with van der Waals surface area (Å²) in [4.78, 5) is 0. The van der Waals surface area contributed by atoms with Crippen molar-refractivity contribution in [1.82, 2.24) is 5.43 Å². The largest absolute Gasteiger partial charge is 0.456 e. The summed E-state index contributed by atoms with van der Waals surface area (Å²) in [6.07, 6.45) is 0.467. The number of hydrogen-bond donors (Lipinski definition) is 2. The van der Waals surface area contributed by atoms with Gasteiger partial charge in [0, 0.05) is 44.7 Å². The summed E-state index contributed by atoms with van der Waals surface area (Å²) >= 11 is 0. The van der Waals surface area contributed by atoms with Gasteiger partial charge >= 0.3 is 0 Å². The highest BCUT2D eigenvalue weighted by Crippen LogP contribution is 2.39. The van der Waals surface area contributed by atoms with Gasteiger partial charge in [0.2, 0.25) is 0 Å². The van der Waals surface area contributed by atoms with Crippen molar-refractivity contribution in [2.24, 2.45) is 5.10 Å². The Hall–Kier alpha value is -6.46. The van der Waals surface area contributed by atoms with E-state index in [9.17, 15) is 0 Å². The average molecular weight is 620 g/mol. The van der Waals surface area contributed by atoms with Gasteiger partial charge in [0.15, 0.2) is 0 Å². The third kappa shape index (κ3) is 4.72. The Morgan fingerprint density at radius 3 is 2.19 bits per heavy atom. The standard InChI is InChI=1S/C43H29N3O2/c44-43(31-24-23-27-11-4-5-14-29(27)25-31)46-45-36(26-30-15-8-18-34-33-16-6-7-20-37(33)48-42(30)34)35-19-10-22-39-41(35)40-32(17-9-21-38(40)47-39)28-12-2-1-3-13-28/h1-25H,26H2,(H2,44,46)/b45-36+. The van der Waals surface area contributed by atoms with Crippen LogP contribution < -0.4 is 5.43 Å². The molecule has 0 aliphatic carbocycles. The highest BCUT2D eigenvalue weighted by molar-refractivity contribution is 6.22. The Balaban J connectivity index is 1.23. The number of rotatable bonds is 6. The zero-order valence-corrected chi connectivity index (χ0v) is 25.9. The van der Waals surface area contributed by atoms with Gasteiger partial charge in [-0.25, -0.2) is 0 Å². The smallest absolute Gasteiger partial charge is 0.146 e. The first-order valence-electron chi connectivity index (χ1n) is 16.0.